The number of hydrogen-bond donors (Lipinski definition) is 0. The van der Waals surface area contributed by atoms with E-state index in [0.717, 1.165) is 12.5 Å². The maximum absolute atomic E-state index is 5.84. The van der Waals surface area contributed by atoms with Crippen molar-refractivity contribution < 1.29 is 4.74 Å². The molecule has 1 aliphatic heterocycles. The van der Waals surface area contributed by atoms with Crippen molar-refractivity contribution >= 4 is 0 Å². The summed E-state index contributed by atoms with van der Waals surface area (Å²) in [6, 6.07) is 8.94. The molecule has 23 heavy (non-hydrogen) atoms. The molecular formula is C21H35NO. The highest BCUT2D eigenvalue weighted by Gasteiger charge is 2.28. The minimum atomic E-state index is -0.0733. The second kappa shape index (κ2) is 7.36. The molecule has 0 bridgehead atoms. The van der Waals surface area contributed by atoms with Crippen LogP contribution in [0.1, 0.15) is 65.5 Å². The van der Waals surface area contributed by atoms with Gasteiger partial charge in [0.05, 0.1) is 12.2 Å². The van der Waals surface area contributed by atoms with Crippen molar-refractivity contribution in [3.63, 3.8) is 0 Å². The molecule has 1 aromatic carbocycles. The summed E-state index contributed by atoms with van der Waals surface area (Å²) in [5, 5.41) is 0. The van der Waals surface area contributed by atoms with Crippen LogP contribution >= 0.6 is 0 Å². The predicted molar refractivity (Wildman–Crippen MR) is 98.4 cm³/mol. The Hall–Kier alpha value is -0.860. The van der Waals surface area contributed by atoms with Crippen LogP contribution in [0.5, 0.6) is 0 Å². The molecule has 0 aliphatic carbocycles. The van der Waals surface area contributed by atoms with Crippen LogP contribution in [0.2, 0.25) is 0 Å². The Kier molecular flexibility index (Phi) is 5.91. The summed E-state index contributed by atoms with van der Waals surface area (Å²) in [4.78, 5) is 2.60. The van der Waals surface area contributed by atoms with E-state index >= 15 is 0 Å². The van der Waals surface area contributed by atoms with Crippen LogP contribution in [0, 0.1) is 11.3 Å². The Bertz CT molecular complexity index is 470. The first-order valence-electron chi connectivity index (χ1n) is 9.08. The van der Waals surface area contributed by atoms with E-state index in [1.54, 1.807) is 0 Å². The number of benzene rings is 1. The standard InChI is InChI=1S/C21H35NO/c1-20(2,3)19-11-13-22(14-12-19)15-17-7-9-18(10-8-17)16-23-21(4,5)6/h7-10,19H,11-16H2,1-6H3. The predicted octanol–water partition coefficient (Wildman–Crippen LogP) is 5.26. The molecule has 1 aromatic rings. The van der Waals surface area contributed by atoms with Crippen molar-refractivity contribution in [1.82, 2.24) is 4.90 Å². The van der Waals surface area contributed by atoms with E-state index in [0.29, 0.717) is 12.0 Å². The van der Waals surface area contributed by atoms with Crippen molar-refractivity contribution in [3.05, 3.63) is 35.4 Å². The number of ether oxygens (including phenoxy) is 1. The van der Waals surface area contributed by atoms with Gasteiger partial charge in [-0.1, -0.05) is 45.0 Å². The summed E-state index contributed by atoms with van der Waals surface area (Å²) in [6.07, 6.45) is 2.67. The maximum atomic E-state index is 5.84. The molecule has 0 unspecified atom stereocenters. The van der Waals surface area contributed by atoms with Crippen LogP contribution in [-0.4, -0.2) is 23.6 Å². The molecule has 2 heteroatoms. The summed E-state index contributed by atoms with van der Waals surface area (Å²) in [7, 11) is 0. The van der Waals surface area contributed by atoms with Gasteiger partial charge in [0, 0.05) is 6.54 Å². The van der Waals surface area contributed by atoms with E-state index in [1.807, 2.05) is 0 Å². The van der Waals surface area contributed by atoms with E-state index in [2.05, 4.69) is 70.7 Å². The third kappa shape index (κ3) is 6.27. The van der Waals surface area contributed by atoms with Gasteiger partial charge in [-0.3, -0.25) is 4.90 Å². The molecule has 1 fully saturated rings. The first kappa shape index (κ1) is 18.5. The molecule has 1 heterocycles. The van der Waals surface area contributed by atoms with Gasteiger partial charge in [-0.15, -0.1) is 0 Å². The SMILES string of the molecule is CC(C)(C)OCc1ccc(CN2CCC(C(C)(C)C)CC2)cc1. The molecule has 0 aromatic heterocycles. The Morgan fingerprint density at radius 1 is 0.913 bits per heavy atom. The molecule has 2 nitrogen and oxygen atoms in total. The van der Waals surface area contributed by atoms with E-state index < -0.39 is 0 Å². The third-order valence-corrected chi connectivity index (χ3v) is 4.91. The Labute approximate surface area is 143 Å². The van der Waals surface area contributed by atoms with E-state index in [4.69, 9.17) is 4.74 Å². The molecule has 0 spiro atoms. The van der Waals surface area contributed by atoms with E-state index in [-0.39, 0.29) is 5.60 Å². The highest BCUT2D eigenvalue weighted by Crippen LogP contribution is 2.34. The fourth-order valence-corrected chi connectivity index (χ4v) is 3.26. The van der Waals surface area contributed by atoms with E-state index in [9.17, 15) is 0 Å². The van der Waals surface area contributed by atoms with Crippen molar-refractivity contribution in [2.45, 2.75) is 73.1 Å². The zero-order chi connectivity index (χ0) is 17.1. The summed E-state index contributed by atoms with van der Waals surface area (Å²) in [5.74, 6) is 0.871. The molecule has 0 atom stereocenters. The lowest BCUT2D eigenvalue weighted by atomic mass is 9.75. The maximum Gasteiger partial charge on any atom is 0.0724 e. The van der Waals surface area contributed by atoms with Gasteiger partial charge in [0.25, 0.3) is 0 Å². The van der Waals surface area contributed by atoms with Gasteiger partial charge in [0.2, 0.25) is 0 Å². The highest BCUT2D eigenvalue weighted by molar-refractivity contribution is 5.22. The molecule has 0 amide bonds. The fraction of sp³-hybridized carbons (Fsp3) is 0.714. The summed E-state index contributed by atoms with van der Waals surface area (Å²) in [5.41, 5.74) is 3.06. The smallest absolute Gasteiger partial charge is 0.0724 e. The van der Waals surface area contributed by atoms with Gasteiger partial charge in [0.15, 0.2) is 0 Å². The Morgan fingerprint density at radius 3 is 1.91 bits per heavy atom. The summed E-state index contributed by atoms with van der Waals surface area (Å²) >= 11 is 0. The van der Waals surface area contributed by atoms with Crippen LogP contribution in [-0.2, 0) is 17.9 Å². The second-order valence-electron chi connectivity index (χ2n) is 9.13. The molecule has 1 aliphatic rings. The molecular weight excluding hydrogens is 282 g/mol. The second-order valence-corrected chi connectivity index (χ2v) is 9.13. The average Bonchev–Trinajstić information content (AvgIpc) is 2.45. The van der Waals surface area contributed by atoms with Crippen molar-refractivity contribution in [2.24, 2.45) is 11.3 Å². The topological polar surface area (TPSA) is 12.5 Å². The van der Waals surface area contributed by atoms with Gasteiger partial charge in [-0.2, -0.15) is 0 Å². The number of likely N-dealkylation sites (tertiary alicyclic amines) is 1. The lowest BCUT2D eigenvalue weighted by molar-refractivity contribution is -0.0149. The number of hydrogen-bond acceptors (Lipinski definition) is 2. The largest absolute Gasteiger partial charge is 0.371 e. The van der Waals surface area contributed by atoms with Gasteiger partial charge in [0.1, 0.15) is 0 Å². The number of nitrogens with zero attached hydrogens (tertiary/aromatic N) is 1. The molecule has 0 saturated carbocycles. The highest BCUT2D eigenvalue weighted by atomic mass is 16.5. The van der Waals surface area contributed by atoms with Gasteiger partial charge in [-0.05, 0) is 69.2 Å². The lowest BCUT2D eigenvalue weighted by Gasteiger charge is -2.38. The van der Waals surface area contributed by atoms with Crippen LogP contribution in [0.3, 0.4) is 0 Å². The first-order chi connectivity index (χ1) is 10.6. The molecule has 1 saturated heterocycles. The van der Waals surface area contributed by atoms with Crippen molar-refractivity contribution in [1.29, 1.82) is 0 Å². The number of rotatable bonds is 4. The number of piperidine rings is 1. The van der Waals surface area contributed by atoms with Crippen LogP contribution in [0.4, 0.5) is 0 Å². The van der Waals surface area contributed by atoms with Crippen molar-refractivity contribution in [2.75, 3.05) is 13.1 Å². The van der Waals surface area contributed by atoms with Gasteiger partial charge >= 0.3 is 0 Å². The minimum Gasteiger partial charge on any atom is -0.371 e. The van der Waals surface area contributed by atoms with Gasteiger partial charge in [-0.25, -0.2) is 0 Å². The van der Waals surface area contributed by atoms with Crippen LogP contribution in [0.15, 0.2) is 24.3 Å². The van der Waals surface area contributed by atoms with Gasteiger partial charge < -0.3 is 4.74 Å². The zero-order valence-corrected chi connectivity index (χ0v) is 16.0. The molecule has 0 N–H and O–H groups in total. The summed E-state index contributed by atoms with van der Waals surface area (Å²) < 4.78 is 5.84. The summed E-state index contributed by atoms with van der Waals surface area (Å²) in [6.45, 7) is 17.7. The monoisotopic (exact) mass is 317 g/mol. The van der Waals surface area contributed by atoms with Crippen LogP contribution < -0.4 is 0 Å². The Morgan fingerprint density at radius 2 is 1.43 bits per heavy atom. The van der Waals surface area contributed by atoms with Crippen molar-refractivity contribution in [3.8, 4) is 0 Å². The zero-order valence-electron chi connectivity index (χ0n) is 16.0. The lowest BCUT2D eigenvalue weighted by Crippen LogP contribution is -2.37. The normalized spacial score (nSPS) is 18.3. The minimum absolute atomic E-state index is 0.0733. The first-order valence-corrected chi connectivity index (χ1v) is 9.08. The quantitative estimate of drug-likeness (QED) is 0.751. The fourth-order valence-electron chi connectivity index (χ4n) is 3.26. The van der Waals surface area contributed by atoms with Crippen LogP contribution in [0.25, 0.3) is 0 Å². The average molecular weight is 318 g/mol. The Balaban J connectivity index is 1.81. The molecule has 130 valence electrons. The van der Waals surface area contributed by atoms with E-state index in [1.165, 1.54) is 37.1 Å². The molecule has 2 rings (SSSR count). The molecule has 0 radical (unpaired) electrons. The third-order valence-electron chi connectivity index (χ3n) is 4.91.